The summed E-state index contributed by atoms with van der Waals surface area (Å²) in [4.78, 5) is 2.68. The van der Waals surface area contributed by atoms with Crippen molar-refractivity contribution in [3.05, 3.63) is 30.1 Å². The molecular formula is C13H17N5OS. The molecule has 2 atom stereocenters. The minimum Gasteiger partial charge on any atom is -0.487 e. The van der Waals surface area contributed by atoms with Crippen molar-refractivity contribution in [2.75, 3.05) is 12.8 Å². The van der Waals surface area contributed by atoms with Crippen molar-refractivity contribution in [2.45, 2.75) is 23.5 Å². The highest BCUT2D eigenvalue weighted by molar-refractivity contribution is 7.99. The minimum atomic E-state index is 0.101. The van der Waals surface area contributed by atoms with E-state index in [-0.39, 0.29) is 12.1 Å². The number of para-hydroxylation sites is 1. The van der Waals surface area contributed by atoms with Gasteiger partial charge < -0.3 is 10.1 Å². The fourth-order valence-electron chi connectivity index (χ4n) is 2.26. The van der Waals surface area contributed by atoms with Gasteiger partial charge in [-0.25, -0.2) is 0 Å². The molecule has 3 rings (SSSR count). The van der Waals surface area contributed by atoms with Crippen LogP contribution in [0.4, 0.5) is 0 Å². The van der Waals surface area contributed by atoms with Gasteiger partial charge in [-0.2, -0.15) is 4.80 Å². The number of tetrazole rings is 1. The van der Waals surface area contributed by atoms with Crippen LogP contribution in [0.2, 0.25) is 0 Å². The molecule has 6 nitrogen and oxygen atoms in total. The van der Waals surface area contributed by atoms with Gasteiger partial charge in [-0.3, -0.25) is 0 Å². The average Bonchev–Trinajstić information content (AvgIpc) is 2.89. The van der Waals surface area contributed by atoms with Crippen molar-refractivity contribution < 1.29 is 4.74 Å². The van der Waals surface area contributed by atoms with E-state index in [1.54, 1.807) is 7.05 Å². The number of benzene rings is 1. The number of nitrogens with zero attached hydrogens (tertiary/aromatic N) is 4. The van der Waals surface area contributed by atoms with Gasteiger partial charge in [-0.15, -0.1) is 22.0 Å². The molecule has 0 amide bonds. The number of aryl methyl sites for hydroxylation is 1. The van der Waals surface area contributed by atoms with Gasteiger partial charge >= 0.3 is 0 Å². The third-order valence-electron chi connectivity index (χ3n) is 3.30. The molecule has 1 N–H and O–H groups in total. The molecule has 1 aromatic carbocycles. The van der Waals surface area contributed by atoms with Crippen LogP contribution in [0, 0.1) is 0 Å². The molecule has 1 aliphatic heterocycles. The summed E-state index contributed by atoms with van der Waals surface area (Å²) in [6.07, 6.45) is 0.807. The number of nitrogens with one attached hydrogen (secondary N) is 1. The lowest BCUT2D eigenvalue weighted by molar-refractivity contribution is 0.168. The second-order valence-electron chi connectivity index (χ2n) is 4.71. The number of likely N-dealkylation sites (N-methyl/N-ethyl adjacent to an activating group) is 1. The first-order valence-electron chi connectivity index (χ1n) is 6.55. The van der Waals surface area contributed by atoms with Crippen molar-refractivity contribution in [1.29, 1.82) is 0 Å². The van der Waals surface area contributed by atoms with E-state index in [0.29, 0.717) is 6.42 Å². The van der Waals surface area contributed by atoms with Crippen LogP contribution in [-0.4, -0.2) is 45.2 Å². The van der Waals surface area contributed by atoms with E-state index in [0.717, 1.165) is 17.3 Å². The SMILES string of the molecule is CNC(Cc1nnn(C)n1)C1CSc2ccccc2O1. The van der Waals surface area contributed by atoms with Crippen LogP contribution in [0.15, 0.2) is 29.2 Å². The lowest BCUT2D eigenvalue weighted by Crippen LogP contribution is -2.45. The Balaban J connectivity index is 1.71. The van der Waals surface area contributed by atoms with Gasteiger partial charge in [0.05, 0.1) is 13.1 Å². The highest BCUT2D eigenvalue weighted by Gasteiger charge is 2.28. The predicted octanol–water partition coefficient (Wildman–Crippen LogP) is 0.894. The molecule has 20 heavy (non-hydrogen) atoms. The van der Waals surface area contributed by atoms with Crippen molar-refractivity contribution >= 4 is 11.8 Å². The molecule has 0 saturated carbocycles. The van der Waals surface area contributed by atoms with Crippen LogP contribution in [0.3, 0.4) is 0 Å². The highest BCUT2D eigenvalue weighted by Crippen LogP contribution is 2.35. The van der Waals surface area contributed by atoms with Crippen LogP contribution >= 0.6 is 11.8 Å². The van der Waals surface area contributed by atoms with Gasteiger partial charge in [-0.05, 0) is 24.4 Å². The average molecular weight is 291 g/mol. The zero-order valence-electron chi connectivity index (χ0n) is 11.5. The first-order chi connectivity index (χ1) is 9.76. The smallest absolute Gasteiger partial charge is 0.176 e. The van der Waals surface area contributed by atoms with E-state index >= 15 is 0 Å². The number of thioether (sulfide) groups is 1. The molecule has 0 spiro atoms. The Labute approximate surface area is 121 Å². The van der Waals surface area contributed by atoms with Gasteiger partial charge in [0.1, 0.15) is 11.9 Å². The standard InChI is InChI=1S/C13H17N5OS/c1-14-9(7-13-15-17-18(2)16-13)11-8-20-12-6-4-3-5-10(12)19-11/h3-6,9,11,14H,7-8H2,1-2H3. The highest BCUT2D eigenvalue weighted by atomic mass is 32.2. The topological polar surface area (TPSA) is 64.9 Å². The summed E-state index contributed by atoms with van der Waals surface area (Å²) in [5.41, 5.74) is 0. The molecule has 7 heteroatoms. The van der Waals surface area contributed by atoms with Crippen LogP contribution in [-0.2, 0) is 13.5 Å². The summed E-state index contributed by atoms with van der Waals surface area (Å²) >= 11 is 1.83. The molecule has 0 radical (unpaired) electrons. The largest absolute Gasteiger partial charge is 0.487 e. The maximum absolute atomic E-state index is 6.10. The molecule has 2 heterocycles. The van der Waals surface area contributed by atoms with Crippen molar-refractivity contribution in [1.82, 2.24) is 25.5 Å². The maximum atomic E-state index is 6.10. The van der Waals surface area contributed by atoms with Crippen molar-refractivity contribution in [2.24, 2.45) is 7.05 Å². The van der Waals surface area contributed by atoms with E-state index in [1.807, 2.05) is 37.0 Å². The van der Waals surface area contributed by atoms with E-state index in [4.69, 9.17) is 4.74 Å². The minimum absolute atomic E-state index is 0.101. The number of fused-ring (bicyclic) bond motifs is 1. The Bertz CT molecular complexity index is 588. The summed E-state index contributed by atoms with van der Waals surface area (Å²) in [6, 6.07) is 8.31. The van der Waals surface area contributed by atoms with E-state index in [1.165, 1.54) is 9.69 Å². The summed E-state index contributed by atoms with van der Waals surface area (Å²) in [7, 11) is 3.71. The number of hydrogen-bond acceptors (Lipinski definition) is 6. The second-order valence-corrected chi connectivity index (χ2v) is 5.77. The van der Waals surface area contributed by atoms with Gasteiger partial charge in [-0.1, -0.05) is 12.1 Å². The predicted molar refractivity (Wildman–Crippen MR) is 76.9 cm³/mol. The first-order valence-corrected chi connectivity index (χ1v) is 7.53. The van der Waals surface area contributed by atoms with Crippen LogP contribution in [0.1, 0.15) is 5.82 Å². The lowest BCUT2D eigenvalue weighted by Gasteiger charge is -2.31. The summed E-state index contributed by atoms with van der Waals surface area (Å²) < 4.78 is 6.10. The molecule has 2 unspecified atom stereocenters. The number of hydrogen-bond donors (Lipinski definition) is 1. The lowest BCUT2D eigenvalue weighted by atomic mass is 10.1. The third kappa shape index (κ3) is 2.78. The van der Waals surface area contributed by atoms with Gasteiger partial charge in [0, 0.05) is 17.1 Å². The zero-order valence-corrected chi connectivity index (χ0v) is 12.3. The fourth-order valence-corrected chi connectivity index (χ4v) is 3.33. The van der Waals surface area contributed by atoms with E-state index in [2.05, 4.69) is 26.8 Å². The summed E-state index contributed by atoms with van der Waals surface area (Å²) in [5.74, 6) is 2.61. The Kier molecular flexibility index (Phi) is 3.88. The molecule has 0 aliphatic carbocycles. The molecule has 0 bridgehead atoms. The van der Waals surface area contributed by atoms with E-state index in [9.17, 15) is 0 Å². The van der Waals surface area contributed by atoms with Crippen LogP contribution in [0.25, 0.3) is 0 Å². The van der Waals surface area contributed by atoms with Crippen molar-refractivity contribution in [3.63, 3.8) is 0 Å². The molecule has 0 fully saturated rings. The normalized spacial score (nSPS) is 19.2. The van der Waals surface area contributed by atoms with Gasteiger partial charge in [0.15, 0.2) is 5.82 Å². The number of aromatic nitrogens is 4. The van der Waals surface area contributed by atoms with Crippen LogP contribution in [0.5, 0.6) is 5.75 Å². The Morgan fingerprint density at radius 2 is 2.35 bits per heavy atom. The Morgan fingerprint density at radius 1 is 1.50 bits per heavy atom. The van der Waals surface area contributed by atoms with Gasteiger partial charge in [0.2, 0.25) is 0 Å². The fraction of sp³-hybridized carbons (Fsp3) is 0.462. The molecule has 0 saturated heterocycles. The Hall–Kier alpha value is -1.60. The van der Waals surface area contributed by atoms with Crippen molar-refractivity contribution in [3.8, 4) is 5.75 Å². The zero-order chi connectivity index (χ0) is 13.9. The molecule has 1 aliphatic rings. The summed E-state index contributed by atoms with van der Waals surface area (Å²) in [6.45, 7) is 0. The molecule has 1 aromatic heterocycles. The number of rotatable bonds is 4. The summed E-state index contributed by atoms with van der Waals surface area (Å²) in [5, 5.41) is 15.4. The number of ether oxygens (including phenoxy) is 1. The molecule has 106 valence electrons. The van der Waals surface area contributed by atoms with Crippen LogP contribution < -0.4 is 10.1 Å². The molecule has 2 aromatic rings. The third-order valence-corrected chi connectivity index (χ3v) is 4.45. The first kappa shape index (κ1) is 13.4. The maximum Gasteiger partial charge on any atom is 0.176 e. The van der Waals surface area contributed by atoms with Gasteiger partial charge in [0.25, 0.3) is 0 Å². The second kappa shape index (κ2) is 5.80. The monoisotopic (exact) mass is 291 g/mol. The Morgan fingerprint density at radius 3 is 3.10 bits per heavy atom. The quantitative estimate of drug-likeness (QED) is 0.902. The van der Waals surface area contributed by atoms with E-state index < -0.39 is 0 Å². The molecular weight excluding hydrogens is 274 g/mol.